The zero-order valence-electron chi connectivity index (χ0n) is 17.1. The van der Waals surface area contributed by atoms with Crippen molar-refractivity contribution < 1.29 is 9.59 Å². The molecule has 5 heteroatoms. The van der Waals surface area contributed by atoms with Crippen LogP contribution in [0.4, 0.5) is 5.69 Å². The lowest BCUT2D eigenvalue weighted by atomic mass is 10.1. The first-order chi connectivity index (χ1) is 14.1. The van der Waals surface area contributed by atoms with E-state index in [0.717, 1.165) is 16.8 Å². The molecule has 0 unspecified atom stereocenters. The standard InChI is InChI=1S/C24H29N3O2/c1-3-13-27(22-11-5-4-6-12-22)24(29)19-25-14-16-26(17-15-25)23(28)18-21-10-8-7-9-20(21)2/h3-12H,1,13-19H2,2H3. The average molecular weight is 392 g/mol. The number of amides is 2. The minimum Gasteiger partial charge on any atom is -0.340 e. The molecule has 5 nitrogen and oxygen atoms in total. The number of piperazine rings is 1. The van der Waals surface area contributed by atoms with Crippen molar-refractivity contribution in [2.75, 3.05) is 44.2 Å². The monoisotopic (exact) mass is 391 g/mol. The van der Waals surface area contributed by atoms with Gasteiger partial charge >= 0.3 is 0 Å². The summed E-state index contributed by atoms with van der Waals surface area (Å²) in [5.41, 5.74) is 3.11. The highest BCUT2D eigenvalue weighted by Crippen LogP contribution is 2.15. The number of hydrogen-bond donors (Lipinski definition) is 0. The van der Waals surface area contributed by atoms with E-state index >= 15 is 0 Å². The van der Waals surface area contributed by atoms with E-state index in [-0.39, 0.29) is 11.8 Å². The molecule has 2 amide bonds. The Kier molecular flexibility index (Phi) is 7.19. The summed E-state index contributed by atoms with van der Waals surface area (Å²) in [6, 6.07) is 17.7. The number of anilines is 1. The third kappa shape index (κ3) is 5.55. The predicted molar refractivity (Wildman–Crippen MR) is 117 cm³/mol. The first kappa shape index (κ1) is 20.8. The summed E-state index contributed by atoms with van der Waals surface area (Å²) in [4.78, 5) is 31.3. The zero-order chi connectivity index (χ0) is 20.6. The van der Waals surface area contributed by atoms with Crippen molar-refractivity contribution in [1.82, 2.24) is 9.80 Å². The van der Waals surface area contributed by atoms with Gasteiger partial charge in [-0.1, -0.05) is 48.5 Å². The van der Waals surface area contributed by atoms with Crippen molar-refractivity contribution >= 4 is 17.5 Å². The summed E-state index contributed by atoms with van der Waals surface area (Å²) in [6.45, 7) is 9.38. The number of rotatable bonds is 7. The number of nitrogens with zero attached hydrogens (tertiary/aromatic N) is 3. The fraction of sp³-hybridized carbons (Fsp3) is 0.333. The lowest BCUT2D eigenvalue weighted by molar-refractivity contribution is -0.132. The highest BCUT2D eigenvalue weighted by molar-refractivity contribution is 5.95. The zero-order valence-corrected chi connectivity index (χ0v) is 17.1. The number of carbonyl (C=O) groups is 2. The number of hydrogen-bond acceptors (Lipinski definition) is 3. The number of aryl methyl sites for hydroxylation is 1. The topological polar surface area (TPSA) is 43.9 Å². The first-order valence-corrected chi connectivity index (χ1v) is 10.1. The second-order valence-electron chi connectivity index (χ2n) is 7.39. The third-order valence-corrected chi connectivity index (χ3v) is 5.37. The van der Waals surface area contributed by atoms with Gasteiger partial charge in [0.2, 0.25) is 11.8 Å². The van der Waals surface area contributed by atoms with E-state index in [1.165, 1.54) is 0 Å². The van der Waals surface area contributed by atoms with E-state index in [9.17, 15) is 9.59 Å². The van der Waals surface area contributed by atoms with Crippen molar-refractivity contribution in [1.29, 1.82) is 0 Å². The Bertz CT molecular complexity index is 842. The van der Waals surface area contributed by atoms with Crippen LogP contribution in [0.15, 0.2) is 67.3 Å². The summed E-state index contributed by atoms with van der Waals surface area (Å²) >= 11 is 0. The Morgan fingerprint density at radius 2 is 1.66 bits per heavy atom. The molecule has 1 aliphatic heterocycles. The van der Waals surface area contributed by atoms with Crippen LogP contribution >= 0.6 is 0 Å². The second kappa shape index (κ2) is 10.0. The van der Waals surface area contributed by atoms with Gasteiger partial charge in [-0.25, -0.2) is 0 Å². The minimum absolute atomic E-state index is 0.0517. The maximum Gasteiger partial charge on any atom is 0.241 e. The molecule has 1 fully saturated rings. The molecule has 152 valence electrons. The van der Waals surface area contributed by atoms with Crippen LogP contribution in [0.1, 0.15) is 11.1 Å². The molecule has 2 aromatic rings. The molecule has 0 atom stereocenters. The smallest absolute Gasteiger partial charge is 0.241 e. The highest BCUT2D eigenvalue weighted by atomic mass is 16.2. The van der Waals surface area contributed by atoms with E-state index in [2.05, 4.69) is 11.5 Å². The maximum atomic E-state index is 12.9. The lowest BCUT2D eigenvalue weighted by Crippen LogP contribution is -2.52. The van der Waals surface area contributed by atoms with Gasteiger partial charge in [-0.15, -0.1) is 6.58 Å². The van der Waals surface area contributed by atoms with Crippen LogP contribution in [0.3, 0.4) is 0 Å². The molecule has 0 spiro atoms. The van der Waals surface area contributed by atoms with Gasteiger partial charge in [0.05, 0.1) is 13.0 Å². The van der Waals surface area contributed by atoms with Gasteiger partial charge < -0.3 is 9.80 Å². The molecule has 0 bridgehead atoms. The van der Waals surface area contributed by atoms with E-state index in [0.29, 0.717) is 45.7 Å². The molecule has 0 aromatic heterocycles. The van der Waals surface area contributed by atoms with Crippen LogP contribution in [-0.2, 0) is 16.0 Å². The summed E-state index contributed by atoms with van der Waals surface area (Å²) in [7, 11) is 0. The Labute approximate surface area is 173 Å². The van der Waals surface area contributed by atoms with Crippen LogP contribution in [0, 0.1) is 6.92 Å². The summed E-state index contributed by atoms with van der Waals surface area (Å²) in [5, 5.41) is 0. The fourth-order valence-corrected chi connectivity index (χ4v) is 3.60. The Hall–Kier alpha value is -2.92. The Balaban J connectivity index is 1.52. The van der Waals surface area contributed by atoms with E-state index in [1.807, 2.05) is 66.4 Å². The average Bonchev–Trinajstić information content (AvgIpc) is 2.74. The van der Waals surface area contributed by atoms with Gasteiger partial charge in [0.15, 0.2) is 0 Å². The molecule has 0 radical (unpaired) electrons. The maximum absolute atomic E-state index is 12.9. The van der Waals surface area contributed by atoms with Crippen molar-refractivity contribution in [2.24, 2.45) is 0 Å². The van der Waals surface area contributed by atoms with Crippen LogP contribution in [-0.4, -0.2) is 60.9 Å². The van der Waals surface area contributed by atoms with Crippen LogP contribution < -0.4 is 4.90 Å². The van der Waals surface area contributed by atoms with Gasteiger partial charge in [0, 0.05) is 38.4 Å². The summed E-state index contributed by atoms with van der Waals surface area (Å²) in [6.07, 6.45) is 2.18. The molecular formula is C24H29N3O2. The number of carbonyl (C=O) groups excluding carboxylic acids is 2. The van der Waals surface area contributed by atoms with Crippen LogP contribution in [0.25, 0.3) is 0 Å². The highest BCUT2D eigenvalue weighted by Gasteiger charge is 2.24. The van der Waals surface area contributed by atoms with Gasteiger partial charge in [0.25, 0.3) is 0 Å². The Morgan fingerprint density at radius 3 is 2.31 bits per heavy atom. The first-order valence-electron chi connectivity index (χ1n) is 10.1. The van der Waals surface area contributed by atoms with Crippen molar-refractivity contribution in [3.63, 3.8) is 0 Å². The van der Waals surface area contributed by atoms with Crippen LogP contribution in [0.5, 0.6) is 0 Å². The van der Waals surface area contributed by atoms with E-state index in [1.54, 1.807) is 11.0 Å². The molecule has 0 saturated carbocycles. The minimum atomic E-state index is 0.0517. The van der Waals surface area contributed by atoms with Crippen molar-refractivity contribution in [3.05, 3.63) is 78.4 Å². The Morgan fingerprint density at radius 1 is 1.00 bits per heavy atom. The summed E-state index contributed by atoms with van der Waals surface area (Å²) in [5.74, 6) is 0.207. The fourth-order valence-electron chi connectivity index (χ4n) is 3.60. The molecular weight excluding hydrogens is 362 g/mol. The SMILES string of the molecule is C=CCN(C(=O)CN1CCN(C(=O)Cc2ccccc2C)CC1)c1ccccc1. The largest absolute Gasteiger partial charge is 0.340 e. The molecule has 1 aliphatic rings. The summed E-state index contributed by atoms with van der Waals surface area (Å²) < 4.78 is 0. The normalized spacial score (nSPS) is 14.4. The molecule has 1 heterocycles. The second-order valence-corrected chi connectivity index (χ2v) is 7.39. The lowest BCUT2D eigenvalue weighted by Gasteiger charge is -2.35. The third-order valence-electron chi connectivity index (χ3n) is 5.37. The molecule has 1 saturated heterocycles. The molecule has 0 N–H and O–H groups in total. The van der Waals surface area contributed by atoms with Crippen molar-refractivity contribution in [3.8, 4) is 0 Å². The van der Waals surface area contributed by atoms with Crippen LogP contribution in [0.2, 0.25) is 0 Å². The van der Waals surface area contributed by atoms with Gasteiger partial charge in [0.1, 0.15) is 0 Å². The predicted octanol–water partition coefficient (Wildman–Crippen LogP) is 2.90. The van der Waals surface area contributed by atoms with Crippen molar-refractivity contribution in [2.45, 2.75) is 13.3 Å². The van der Waals surface area contributed by atoms with E-state index < -0.39 is 0 Å². The molecule has 29 heavy (non-hydrogen) atoms. The van der Waals surface area contributed by atoms with Gasteiger partial charge in [-0.3, -0.25) is 14.5 Å². The van der Waals surface area contributed by atoms with Gasteiger partial charge in [-0.05, 0) is 30.2 Å². The molecule has 3 rings (SSSR count). The van der Waals surface area contributed by atoms with Gasteiger partial charge in [-0.2, -0.15) is 0 Å². The molecule has 2 aromatic carbocycles. The number of benzene rings is 2. The quantitative estimate of drug-likeness (QED) is 0.682. The van der Waals surface area contributed by atoms with E-state index in [4.69, 9.17) is 0 Å². The number of para-hydroxylation sites is 1. The molecule has 0 aliphatic carbocycles.